The molecule has 0 spiro atoms. The molecule has 0 bridgehead atoms. The largest absolute Gasteiger partial charge is 0.417 e. The number of aryl methyl sites for hydroxylation is 2. The number of hydrogen-bond acceptors (Lipinski definition) is 2. The standard InChI is InChI=1S/C14H15BrF3N3/c1-8(11-7-21(3)20-9(11)2)19-10-4-5-13(15)12(6-10)14(16,17)18/h4-8,19H,1-3H3. The highest BCUT2D eigenvalue weighted by molar-refractivity contribution is 9.10. The van der Waals surface area contributed by atoms with Crippen LogP contribution in [-0.4, -0.2) is 9.78 Å². The zero-order valence-electron chi connectivity index (χ0n) is 11.8. The van der Waals surface area contributed by atoms with Crippen molar-refractivity contribution >= 4 is 21.6 Å². The number of halogens is 4. The maximum absolute atomic E-state index is 12.9. The minimum absolute atomic E-state index is 0.0331. The van der Waals surface area contributed by atoms with Crippen molar-refractivity contribution in [1.82, 2.24) is 9.78 Å². The molecule has 1 unspecified atom stereocenters. The van der Waals surface area contributed by atoms with E-state index in [9.17, 15) is 13.2 Å². The maximum atomic E-state index is 12.9. The van der Waals surface area contributed by atoms with Gasteiger partial charge in [0.25, 0.3) is 0 Å². The van der Waals surface area contributed by atoms with Crippen LogP contribution in [0.5, 0.6) is 0 Å². The highest BCUT2D eigenvalue weighted by atomic mass is 79.9. The molecule has 1 N–H and O–H groups in total. The Hall–Kier alpha value is -1.50. The first-order valence-corrected chi connectivity index (χ1v) is 7.11. The number of hydrogen-bond donors (Lipinski definition) is 1. The van der Waals surface area contributed by atoms with Crippen LogP contribution < -0.4 is 5.32 Å². The van der Waals surface area contributed by atoms with E-state index in [0.29, 0.717) is 5.69 Å². The fourth-order valence-corrected chi connectivity index (χ4v) is 2.67. The van der Waals surface area contributed by atoms with Gasteiger partial charge in [0.1, 0.15) is 0 Å². The van der Waals surface area contributed by atoms with Crippen molar-refractivity contribution in [2.24, 2.45) is 7.05 Å². The summed E-state index contributed by atoms with van der Waals surface area (Å²) in [5.74, 6) is 0. The summed E-state index contributed by atoms with van der Waals surface area (Å²) in [6, 6.07) is 3.97. The highest BCUT2D eigenvalue weighted by Crippen LogP contribution is 2.37. The van der Waals surface area contributed by atoms with Crippen LogP contribution in [0.4, 0.5) is 18.9 Å². The molecular formula is C14H15BrF3N3. The Morgan fingerprint density at radius 3 is 2.52 bits per heavy atom. The quantitative estimate of drug-likeness (QED) is 0.859. The fourth-order valence-electron chi connectivity index (χ4n) is 2.20. The summed E-state index contributed by atoms with van der Waals surface area (Å²) in [4.78, 5) is 0. The molecule has 0 amide bonds. The molecule has 0 aliphatic rings. The minimum atomic E-state index is -4.38. The SMILES string of the molecule is Cc1nn(C)cc1C(C)Nc1ccc(Br)c(C(F)(F)F)c1. The van der Waals surface area contributed by atoms with Crippen molar-refractivity contribution in [3.8, 4) is 0 Å². The molecule has 0 saturated carbocycles. The summed E-state index contributed by atoms with van der Waals surface area (Å²) in [6.45, 7) is 3.76. The van der Waals surface area contributed by atoms with Crippen LogP contribution in [0.3, 0.4) is 0 Å². The lowest BCUT2D eigenvalue weighted by molar-refractivity contribution is -0.138. The third-order valence-corrected chi connectivity index (χ3v) is 3.86. The molecule has 0 aliphatic heterocycles. The van der Waals surface area contributed by atoms with Gasteiger partial charge in [-0.15, -0.1) is 0 Å². The number of aromatic nitrogens is 2. The molecule has 3 nitrogen and oxygen atoms in total. The molecule has 0 saturated heterocycles. The summed E-state index contributed by atoms with van der Waals surface area (Å²) in [5.41, 5.74) is 1.53. The Morgan fingerprint density at radius 2 is 2.00 bits per heavy atom. The van der Waals surface area contributed by atoms with Gasteiger partial charge >= 0.3 is 6.18 Å². The predicted molar refractivity (Wildman–Crippen MR) is 79.1 cm³/mol. The van der Waals surface area contributed by atoms with E-state index in [2.05, 4.69) is 26.3 Å². The van der Waals surface area contributed by atoms with Gasteiger partial charge in [-0.05, 0) is 32.0 Å². The molecule has 2 aromatic rings. The zero-order valence-corrected chi connectivity index (χ0v) is 13.4. The number of rotatable bonds is 3. The van der Waals surface area contributed by atoms with Gasteiger partial charge in [-0.1, -0.05) is 15.9 Å². The van der Waals surface area contributed by atoms with Gasteiger partial charge < -0.3 is 5.32 Å². The molecule has 0 aliphatic carbocycles. The monoisotopic (exact) mass is 361 g/mol. The van der Waals surface area contributed by atoms with Crippen molar-refractivity contribution in [3.63, 3.8) is 0 Å². The Balaban J connectivity index is 2.26. The van der Waals surface area contributed by atoms with Crippen LogP contribution in [0, 0.1) is 6.92 Å². The maximum Gasteiger partial charge on any atom is 0.417 e. The summed E-state index contributed by atoms with van der Waals surface area (Å²) >= 11 is 2.93. The molecule has 7 heteroatoms. The molecule has 1 atom stereocenters. The molecule has 1 heterocycles. The van der Waals surface area contributed by atoms with Gasteiger partial charge in [0, 0.05) is 29.0 Å². The van der Waals surface area contributed by atoms with Gasteiger partial charge in [-0.25, -0.2) is 0 Å². The van der Waals surface area contributed by atoms with Crippen molar-refractivity contribution < 1.29 is 13.2 Å². The van der Waals surface area contributed by atoms with E-state index in [-0.39, 0.29) is 10.5 Å². The van der Waals surface area contributed by atoms with Crippen molar-refractivity contribution in [3.05, 3.63) is 45.7 Å². The van der Waals surface area contributed by atoms with Crippen molar-refractivity contribution in [2.45, 2.75) is 26.1 Å². The van der Waals surface area contributed by atoms with E-state index >= 15 is 0 Å². The summed E-state index contributed by atoms with van der Waals surface area (Å²) < 4.78 is 40.4. The lowest BCUT2D eigenvalue weighted by Crippen LogP contribution is -2.10. The van der Waals surface area contributed by atoms with E-state index in [0.717, 1.165) is 17.3 Å². The molecule has 1 aromatic heterocycles. The highest BCUT2D eigenvalue weighted by Gasteiger charge is 2.33. The Labute approximate surface area is 129 Å². The number of alkyl halides is 3. The van der Waals surface area contributed by atoms with E-state index < -0.39 is 11.7 Å². The molecule has 1 aromatic carbocycles. The van der Waals surface area contributed by atoms with Crippen LogP contribution in [0.25, 0.3) is 0 Å². The molecule has 0 radical (unpaired) electrons. The smallest absolute Gasteiger partial charge is 0.378 e. The molecule has 21 heavy (non-hydrogen) atoms. The van der Waals surface area contributed by atoms with Crippen LogP contribution in [-0.2, 0) is 13.2 Å². The lowest BCUT2D eigenvalue weighted by Gasteiger charge is -2.17. The number of nitrogens with one attached hydrogen (secondary N) is 1. The molecule has 2 rings (SSSR count). The second kappa shape index (κ2) is 5.71. The van der Waals surface area contributed by atoms with E-state index in [1.165, 1.54) is 6.07 Å². The summed E-state index contributed by atoms with van der Waals surface area (Å²) in [5, 5.41) is 7.31. The van der Waals surface area contributed by atoms with Crippen LogP contribution in [0.15, 0.2) is 28.9 Å². The van der Waals surface area contributed by atoms with Gasteiger partial charge in [-0.2, -0.15) is 18.3 Å². The second-order valence-electron chi connectivity index (χ2n) is 4.90. The van der Waals surface area contributed by atoms with Gasteiger partial charge in [-0.3, -0.25) is 4.68 Å². The molecular weight excluding hydrogens is 347 g/mol. The second-order valence-corrected chi connectivity index (χ2v) is 5.76. The first-order valence-electron chi connectivity index (χ1n) is 6.32. The Kier molecular flexibility index (Phi) is 4.32. The first kappa shape index (κ1) is 15.9. The Morgan fingerprint density at radius 1 is 1.33 bits per heavy atom. The normalized spacial score (nSPS) is 13.3. The molecule has 114 valence electrons. The lowest BCUT2D eigenvalue weighted by atomic mass is 10.1. The molecule has 0 fully saturated rings. The number of benzene rings is 1. The van der Waals surface area contributed by atoms with E-state index in [4.69, 9.17) is 0 Å². The predicted octanol–water partition coefficient (Wildman–Crippen LogP) is 4.68. The topological polar surface area (TPSA) is 29.9 Å². The first-order chi connectivity index (χ1) is 9.68. The zero-order chi connectivity index (χ0) is 15.8. The summed E-state index contributed by atoms with van der Waals surface area (Å²) in [6.07, 6.45) is -2.53. The average Bonchev–Trinajstić information content (AvgIpc) is 2.69. The van der Waals surface area contributed by atoms with Crippen LogP contribution in [0.1, 0.15) is 29.8 Å². The van der Waals surface area contributed by atoms with E-state index in [1.54, 1.807) is 10.7 Å². The third kappa shape index (κ3) is 3.58. The fraction of sp³-hybridized carbons (Fsp3) is 0.357. The van der Waals surface area contributed by atoms with Crippen LogP contribution >= 0.6 is 15.9 Å². The van der Waals surface area contributed by atoms with E-state index in [1.807, 2.05) is 27.1 Å². The van der Waals surface area contributed by atoms with Gasteiger partial charge in [0.2, 0.25) is 0 Å². The number of nitrogens with zero attached hydrogens (tertiary/aromatic N) is 2. The Bertz CT molecular complexity index is 649. The van der Waals surface area contributed by atoms with Crippen LogP contribution in [0.2, 0.25) is 0 Å². The van der Waals surface area contributed by atoms with Gasteiger partial charge in [0.15, 0.2) is 0 Å². The minimum Gasteiger partial charge on any atom is -0.378 e. The third-order valence-electron chi connectivity index (χ3n) is 3.17. The average molecular weight is 362 g/mol. The van der Waals surface area contributed by atoms with Crippen molar-refractivity contribution in [2.75, 3.05) is 5.32 Å². The van der Waals surface area contributed by atoms with Crippen molar-refractivity contribution in [1.29, 1.82) is 0 Å². The van der Waals surface area contributed by atoms with Gasteiger partial charge in [0.05, 0.1) is 17.3 Å². The number of anilines is 1. The summed E-state index contributed by atoms with van der Waals surface area (Å²) in [7, 11) is 1.81.